The molecule has 0 heterocycles. The number of hydrogen-bond donors (Lipinski definition) is 3. The van der Waals surface area contributed by atoms with E-state index in [0.29, 0.717) is 5.56 Å². The number of rotatable bonds is 2. The van der Waals surface area contributed by atoms with Crippen molar-refractivity contribution in [1.82, 2.24) is 0 Å². The SMILES string of the molecule is CC(C)(C)c1cc(C=O)c(O)c(C(C)(C)C)c1.Nc1ccc(-c2ccc(N)cc2)cc1. The van der Waals surface area contributed by atoms with Crippen LogP contribution in [0.4, 0.5) is 11.4 Å². The summed E-state index contributed by atoms with van der Waals surface area (Å²) in [6.45, 7) is 12.4. The second-order valence-corrected chi connectivity index (χ2v) is 9.82. The fourth-order valence-corrected chi connectivity index (χ4v) is 3.10. The van der Waals surface area contributed by atoms with Crippen LogP contribution in [0.2, 0.25) is 0 Å². The molecule has 0 fully saturated rings. The number of hydrogen-bond acceptors (Lipinski definition) is 4. The van der Waals surface area contributed by atoms with Gasteiger partial charge in [0, 0.05) is 16.9 Å². The molecule has 0 saturated carbocycles. The molecule has 0 spiro atoms. The number of aldehydes is 1. The molecule has 0 atom stereocenters. The van der Waals surface area contributed by atoms with Gasteiger partial charge < -0.3 is 16.6 Å². The molecule has 0 saturated heterocycles. The second-order valence-electron chi connectivity index (χ2n) is 9.82. The van der Waals surface area contributed by atoms with Crippen LogP contribution in [0.3, 0.4) is 0 Å². The average molecular weight is 419 g/mol. The lowest BCUT2D eigenvalue weighted by molar-refractivity contribution is 0.112. The van der Waals surface area contributed by atoms with Gasteiger partial charge in [0.15, 0.2) is 6.29 Å². The van der Waals surface area contributed by atoms with E-state index in [1.165, 1.54) is 0 Å². The summed E-state index contributed by atoms with van der Waals surface area (Å²) in [6, 6.07) is 19.4. The van der Waals surface area contributed by atoms with Crippen molar-refractivity contribution in [3.63, 3.8) is 0 Å². The lowest BCUT2D eigenvalue weighted by Crippen LogP contribution is -2.17. The Morgan fingerprint density at radius 3 is 1.45 bits per heavy atom. The van der Waals surface area contributed by atoms with E-state index in [1.807, 2.05) is 75.4 Å². The molecule has 31 heavy (non-hydrogen) atoms. The van der Waals surface area contributed by atoms with Crippen LogP contribution in [0.5, 0.6) is 5.75 Å². The first-order valence-corrected chi connectivity index (χ1v) is 10.4. The zero-order valence-corrected chi connectivity index (χ0v) is 19.4. The largest absolute Gasteiger partial charge is 0.507 e. The zero-order chi connectivity index (χ0) is 23.4. The zero-order valence-electron chi connectivity index (χ0n) is 19.4. The topological polar surface area (TPSA) is 89.3 Å². The van der Waals surface area contributed by atoms with Crippen molar-refractivity contribution in [2.24, 2.45) is 0 Å². The Hall–Kier alpha value is -3.27. The number of aromatic hydroxyl groups is 1. The van der Waals surface area contributed by atoms with Gasteiger partial charge in [0.25, 0.3) is 0 Å². The normalized spacial score (nSPS) is 11.4. The number of carbonyl (C=O) groups excluding carboxylic acids is 1. The van der Waals surface area contributed by atoms with E-state index in [0.717, 1.165) is 39.9 Å². The van der Waals surface area contributed by atoms with Crippen molar-refractivity contribution in [2.45, 2.75) is 52.4 Å². The number of benzene rings is 3. The molecule has 3 aromatic rings. The predicted molar refractivity (Wildman–Crippen MR) is 132 cm³/mol. The van der Waals surface area contributed by atoms with Crippen molar-refractivity contribution >= 4 is 17.7 Å². The summed E-state index contributed by atoms with van der Waals surface area (Å²) < 4.78 is 0. The molecule has 0 bridgehead atoms. The number of anilines is 2. The summed E-state index contributed by atoms with van der Waals surface area (Å²) in [6.07, 6.45) is 0.722. The Balaban J connectivity index is 0.000000224. The Kier molecular flexibility index (Phi) is 7.17. The van der Waals surface area contributed by atoms with E-state index in [-0.39, 0.29) is 16.6 Å². The van der Waals surface area contributed by atoms with Gasteiger partial charge in [-0.3, -0.25) is 4.79 Å². The van der Waals surface area contributed by atoms with Crippen LogP contribution < -0.4 is 11.5 Å². The number of nitrogen functional groups attached to an aromatic ring is 2. The van der Waals surface area contributed by atoms with Crippen LogP contribution >= 0.6 is 0 Å². The third-order valence-corrected chi connectivity index (χ3v) is 5.10. The van der Waals surface area contributed by atoms with E-state index in [4.69, 9.17) is 11.5 Å². The first-order valence-electron chi connectivity index (χ1n) is 10.4. The molecule has 5 N–H and O–H groups in total. The molecule has 4 heteroatoms. The second kappa shape index (κ2) is 9.25. The Bertz CT molecular complexity index is 980. The minimum Gasteiger partial charge on any atom is -0.507 e. The Morgan fingerprint density at radius 2 is 1.13 bits per heavy atom. The smallest absolute Gasteiger partial charge is 0.153 e. The molecule has 0 unspecified atom stereocenters. The van der Waals surface area contributed by atoms with Crippen molar-refractivity contribution in [1.29, 1.82) is 0 Å². The van der Waals surface area contributed by atoms with Gasteiger partial charge in [0.1, 0.15) is 5.75 Å². The Labute approximate surface area is 185 Å². The van der Waals surface area contributed by atoms with Crippen LogP contribution in [-0.2, 0) is 10.8 Å². The summed E-state index contributed by atoms with van der Waals surface area (Å²) in [5, 5.41) is 10.1. The molecule has 4 nitrogen and oxygen atoms in total. The van der Waals surface area contributed by atoms with Crippen LogP contribution in [0.1, 0.15) is 63.0 Å². The fourth-order valence-electron chi connectivity index (χ4n) is 3.10. The van der Waals surface area contributed by atoms with Gasteiger partial charge >= 0.3 is 0 Å². The first-order chi connectivity index (χ1) is 14.3. The highest BCUT2D eigenvalue weighted by Gasteiger charge is 2.24. The van der Waals surface area contributed by atoms with Crippen LogP contribution in [0.15, 0.2) is 60.7 Å². The van der Waals surface area contributed by atoms with E-state index in [2.05, 4.69) is 20.8 Å². The third-order valence-electron chi connectivity index (χ3n) is 5.10. The van der Waals surface area contributed by atoms with Crippen molar-refractivity contribution < 1.29 is 9.90 Å². The lowest BCUT2D eigenvalue weighted by atomic mass is 9.79. The monoisotopic (exact) mass is 418 g/mol. The average Bonchev–Trinajstić information content (AvgIpc) is 2.68. The predicted octanol–water partition coefficient (Wildman–Crippen LogP) is 6.32. The number of carbonyl (C=O) groups is 1. The van der Waals surface area contributed by atoms with Gasteiger partial charge in [0.05, 0.1) is 5.56 Å². The van der Waals surface area contributed by atoms with Gasteiger partial charge in [-0.05, 0) is 57.9 Å². The summed E-state index contributed by atoms with van der Waals surface area (Å²) >= 11 is 0. The molecule has 0 amide bonds. The molecule has 3 aromatic carbocycles. The van der Waals surface area contributed by atoms with Crippen LogP contribution in [-0.4, -0.2) is 11.4 Å². The van der Waals surface area contributed by atoms with Gasteiger partial charge in [-0.2, -0.15) is 0 Å². The maximum Gasteiger partial charge on any atom is 0.153 e. The third kappa shape index (κ3) is 6.35. The molecule has 0 aliphatic heterocycles. The fraction of sp³-hybridized carbons (Fsp3) is 0.296. The number of nitrogens with two attached hydrogens (primary N) is 2. The highest BCUT2D eigenvalue weighted by Crippen LogP contribution is 2.36. The quantitative estimate of drug-likeness (QED) is 0.336. The van der Waals surface area contributed by atoms with Gasteiger partial charge in [-0.1, -0.05) is 71.9 Å². The standard InChI is InChI=1S/C15H22O2.C12H12N2/c1-14(2,3)11-7-10(9-16)13(17)12(8-11)15(4,5)6;13-11-5-1-9(2-6-11)10-3-7-12(14)8-4-10/h7-9,17H,1-6H3;1-8H,13-14H2. The summed E-state index contributed by atoms with van der Waals surface area (Å²) in [5.41, 5.74) is 17.1. The van der Waals surface area contributed by atoms with Crippen LogP contribution in [0, 0.1) is 0 Å². The van der Waals surface area contributed by atoms with Crippen LogP contribution in [0.25, 0.3) is 11.1 Å². The first kappa shape index (κ1) is 24.0. The summed E-state index contributed by atoms with van der Waals surface area (Å²) in [4.78, 5) is 11.0. The number of phenols is 1. The molecule has 164 valence electrons. The van der Waals surface area contributed by atoms with E-state index < -0.39 is 0 Å². The lowest BCUT2D eigenvalue weighted by Gasteiger charge is -2.26. The molecule has 0 aliphatic carbocycles. The molecule has 0 aliphatic rings. The van der Waals surface area contributed by atoms with E-state index in [1.54, 1.807) is 6.07 Å². The summed E-state index contributed by atoms with van der Waals surface area (Å²) in [5.74, 6) is 0.112. The molecule has 0 aromatic heterocycles. The number of phenolic OH excluding ortho intramolecular Hbond substituents is 1. The van der Waals surface area contributed by atoms with Gasteiger partial charge in [-0.15, -0.1) is 0 Å². The minimum atomic E-state index is -0.177. The van der Waals surface area contributed by atoms with Crippen molar-refractivity contribution in [2.75, 3.05) is 11.5 Å². The molecule has 0 radical (unpaired) electrons. The maximum absolute atomic E-state index is 11.0. The summed E-state index contributed by atoms with van der Waals surface area (Å²) in [7, 11) is 0. The van der Waals surface area contributed by atoms with Gasteiger partial charge in [-0.25, -0.2) is 0 Å². The molecule has 3 rings (SSSR count). The van der Waals surface area contributed by atoms with Crippen molar-refractivity contribution in [3.8, 4) is 16.9 Å². The van der Waals surface area contributed by atoms with E-state index >= 15 is 0 Å². The Morgan fingerprint density at radius 1 is 0.710 bits per heavy atom. The van der Waals surface area contributed by atoms with Gasteiger partial charge in [0.2, 0.25) is 0 Å². The molecular formula is C27H34N2O2. The maximum atomic E-state index is 11.0. The molecular weight excluding hydrogens is 384 g/mol. The van der Waals surface area contributed by atoms with E-state index in [9.17, 15) is 9.90 Å². The highest BCUT2D eigenvalue weighted by molar-refractivity contribution is 5.81. The van der Waals surface area contributed by atoms with Crippen molar-refractivity contribution in [3.05, 3.63) is 77.4 Å². The highest BCUT2D eigenvalue weighted by atomic mass is 16.3. The minimum absolute atomic E-state index is 0.0362.